The minimum atomic E-state index is -0.694. The van der Waals surface area contributed by atoms with Gasteiger partial charge in [-0.25, -0.2) is 4.98 Å². The Labute approximate surface area is 212 Å². The topological polar surface area (TPSA) is 83.0 Å². The van der Waals surface area contributed by atoms with Crippen LogP contribution in [0.5, 0.6) is 5.75 Å². The van der Waals surface area contributed by atoms with Crippen LogP contribution >= 0.6 is 11.3 Å². The highest BCUT2D eigenvalue weighted by Crippen LogP contribution is 2.40. The molecule has 1 aromatic carbocycles. The Hall–Kier alpha value is -2.71. The smallest absolute Gasteiger partial charge is 0.290 e. The number of thiazole rings is 1. The van der Waals surface area contributed by atoms with E-state index in [4.69, 9.17) is 4.74 Å². The van der Waals surface area contributed by atoms with Gasteiger partial charge in [0, 0.05) is 13.1 Å². The second-order valence-electron chi connectivity index (χ2n) is 9.27. The second kappa shape index (κ2) is 11.8. The third-order valence-electron chi connectivity index (χ3n) is 6.35. The van der Waals surface area contributed by atoms with Crippen molar-refractivity contribution in [1.29, 1.82) is 0 Å². The molecule has 2 heterocycles. The van der Waals surface area contributed by atoms with E-state index < -0.39 is 17.7 Å². The molecule has 0 bridgehead atoms. The summed E-state index contributed by atoms with van der Waals surface area (Å²) in [6, 6.07) is 6.81. The fourth-order valence-electron chi connectivity index (χ4n) is 4.30. The Bertz CT molecular complexity index is 1090. The van der Waals surface area contributed by atoms with E-state index in [1.54, 1.807) is 11.8 Å². The van der Waals surface area contributed by atoms with Crippen molar-refractivity contribution in [1.82, 2.24) is 14.8 Å². The Morgan fingerprint density at radius 3 is 2.57 bits per heavy atom. The number of Topliss-reactive ketones (excluding diaryl/α,β-unsaturated/α-hetero) is 1. The molecule has 1 N–H and O–H groups in total. The van der Waals surface area contributed by atoms with Gasteiger partial charge in [0.05, 0.1) is 33.8 Å². The summed E-state index contributed by atoms with van der Waals surface area (Å²) in [5.41, 5.74) is 1.46. The van der Waals surface area contributed by atoms with E-state index >= 15 is 0 Å². The predicted molar refractivity (Wildman–Crippen MR) is 139 cm³/mol. The van der Waals surface area contributed by atoms with Gasteiger partial charge in [-0.05, 0) is 57.0 Å². The molecule has 1 amide bonds. The van der Waals surface area contributed by atoms with Gasteiger partial charge in [0.15, 0.2) is 5.76 Å². The van der Waals surface area contributed by atoms with Crippen molar-refractivity contribution in [3.8, 4) is 5.75 Å². The van der Waals surface area contributed by atoms with Gasteiger partial charge in [-0.1, -0.05) is 39.8 Å². The highest BCUT2D eigenvalue weighted by atomic mass is 32.1. The van der Waals surface area contributed by atoms with Gasteiger partial charge in [-0.3, -0.25) is 9.59 Å². The zero-order chi connectivity index (χ0) is 25.7. The lowest BCUT2D eigenvalue weighted by Crippen LogP contribution is -2.38. The molecule has 1 aromatic heterocycles. The fourth-order valence-corrected chi connectivity index (χ4v) is 5.18. The summed E-state index contributed by atoms with van der Waals surface area (Å²) in [5.74, 6) is -0.134. The van der Waals surface area contributed by atoms with Crippen molar-refractivity contribution < 1.29 is 19.4 Å². The summed E-state index contributed by atoms with van der Waals surface area (Å²) < 4.78 is 5.96. The van der Waals surface area contributed by atoms with Crippen molar-refractivity contribution in [3.63, 3.8) is 0 Å². The monoisotopic (exact) mass is 499 g/mol. The minimum absolute atomic E-state index is 0.112. The average molecular weight is 500 g/mol. The molecule has 1 aliphatic heterocycles. The van der Waals surface area contributed by atoms with Gasteiger partial charge in [-0.2, -0.15) is 0 Å². The van der Waals surface area contributed by atoms with Gasteiger partial charge in [0.25, 0.3) is 5.91 Å². The molecule has 0 aliphatic carbocycles. The van der Waals surface area contributed by atoms with Gasteiger partial charge in [-0.15, -0.1) is 11.3 Å². The van der Waals surface area contributed by atoms with Crippen molar-refractivity contribution in [2.45, 2.75) is 54.0 Å². The summed E-state index contributed by atoms with van der Waals surface area (Å²) >= 11 is 1.28. The van der Waals surface area contributed by atoms with Crippen LogP contribution in [0, 0.1) is 19.8 Å². The molecule has 3 rings (SSSR count). The number of rotatable bonds is 12. The van der Waals surface area contributed by atoms with Crippen LogP contribution in [0.25, 0.3) is 0 Å². The van der Waals surface area contributed by atoms with Crippen LogP contribution < -0.4 is 4.74 Å². The summed E-state index contributed by atoms with van der Waals surface area (Å²) in [7, 11) is 0. The third kappa shape index (κ3) is 6.11. The van der Waals surface area contributed by atoms with E-state index in [0.717, 1.165) is 30.1 Å². The van der Waals surface area contributed by atoms with Crippen LogP contribution in [0.4, 0.5) is 0 Å². The quantitative estimate of drug-likeness (QED) is 0.409. The lowest BCUT2D eigenvalue weighted by molar-refractivity contribution is -0.129. The zero-order valence-corrected chi connectivity index (χ0v) is 22.4. The van der Waals surface area contributed by atoms with E-state index in [9.17, 15) is 14.7 Å². The first kappa shape index (κ1) is 26.9. The molecule has 8 heteroatoms. The molecule has 1 aliphatic rings. The molecular weight excluding hydrogens is 462 g/mol. The fraction of sp³-hybridized carbons (Fsp3) is 0.519. The Morgan fingerprint density at radius 2 is 1.97 bits per heavy atom. The normalized spacial score (nSPS) is 16.2. The molecule has 7 nitrogen and oxygen atoms in total. The number of aliphatic hydroxyl groups excluding tert-OH is 1. The number of aliphatic hydroxyl groups is 1. The molecule has 0 saturated heterocycles. The first-order valence-corrected chi connectivity index (χ1v) is 13.2. The van der Waals surface area contributed by atoms with Gasteiger partial charge < -0.3 is 19.6 Å². The predicted octanol–water partition coefficient (Wildman–Crippen LogP) is 5.10. The number of carbonyl (C=O) groups is 2. The maximum absolute atomic E-state index is 13.7. The maximum Gasteiger partial charge on any atom is 0.290 e. The molecule has 2 aromatic rings. The molecule has 0 saturated carbocycles. The number of aryl methyl sites for hydroxylation is 2. The number of carbonyl (C=O) groups excluding carboxylic acids is 2. The number of amides is 1. The summed E-state index contributed by atoms with van der Waals surface area (Å²) in [6.45, 7) is 15.4. The van der Waals surface area contributed by atoms with Crippen LogP contribution in [0.3, 0.4) is 0 Å². The van der Waals surface area contributed by atoms with Crippen LogP contribution in [0.1, 0.15) is 66.1 Å². The summed E-state index contributed by atoms with van der Waals surface area (Å²) in [4.78, 5) is 35.6. The zero-order valence-electron chi connectivity index (χ0n) is 21.6. The minimum Gasteiger partial charge on any atom is -0.503 e. The number of nitrogens with zero attached hydrogens (tertiary/aromatic N) is 3. The Morgan fingerprint density at radius 1 is 1.26 bits per heavy atom. The van der Waals surface area contributed by atoms with Gasteiger partial charge in [0.2, 0.25) is 5.78 Å². The number of hydrogen-bond acceptors (Lipinski definition) is 7. The van der Waals surface area contributed by atoms with E-state index in [-0.39, 0.29) is 11.4 Å². The molecule has 0 fully saturated rings. The number of likely N-dealkylation sites (N-methyl/N-ethyl adjacent to an activating group) is 1. The van der Waals surface area contributed by atoms with Crippen LogP contribution in [-0.2, 0) is 4.79 Å². The molecule has 0 spiro atoms. The van der Waals surface area contributed by atoms with Gasteiger partial charge >= 0.3 is 0 Å². The van der Waals surface area contributed by atoms with Crippen LogP contribution in [-0.4, -0.2) is 64.4 Å². The standard InChI is InChI=1S/C27H37N3O4S/c1-7-29(8-2)13-14-30-23(20-10-9-11-21(16-20)34-15-12-17(3)4)22(25(32)27(30)33)24(31)26-18(5)28-19(6)35-26/h9-11,16-17,23,32H,7-8,12-15H2,1-6H3. The lowest BCUT2D eigenvalue weighted by Gasteiger charge is -2.29. The number of ether oxygens (including phenoxy) is 1. The SMILES string of the molecule is CCN(CC)CCN1C(=O)C(O)=C(C(=O)c2sc(C)nc2C)C1c1cccc(OCCC(C)C)c1. The third-order valence-corrected chi connectivity index (χ3v) is 7.42. The molecule has 0 radical (unpaired) electrons. The Balaban J connectivity index is 2.00. The second-order valence-corrected chi connectivity index (χ2v) is 10.5. The largest absolute Gasteiger partial charge is 0.503 e. The first-order valence-electron chi connectivity index (χ1n) is 12.4. The number of aromatic nitrogens is 1. The van der Waals surface area contributed by atoms with Gasteiger partial charge in [0.1, 0.15) is 5.75 Å². The van der Waals surface area contributed by atoms with E-state index in [1.165, 1.54) is 11.3 Å². The lowest BCUT2D eigenvalue weighted by atomic mass is 9.95. The maximum atomic E-state index is 13.7. The van der Waals surface area contributed by atoms with E-state index in [1.807, 2.05) is 31.2 Å². The van der Waals surface area contributed by atoms with Crippen molar-refractivity contribution >= 4 is 23.0 Å². The van der Waals surface area contributed by atoms with Crippen LogP contribution in [0.15, 0.2) is 35.6 Å². The molecule has 190 valence electrons. The molecular formula is C27H37N3O4S. The molecule has 1 unspecified atom stereocenters. The number of ketones is 1. The van der Waals surface area contributed by atoms with Crippen molar-refractivity contribution in [3.05, 3.63) is 56.7 Å². The first-order chi connectivity index (χ1) is 16.7. The summed E-state index contributed by atoms with van der Waals surface area (Å²) in [5, 5.41) is 11.7. The van der Waals surface area contributed by atoms with Crippen molar-refractivity contribution in [2.75, 3.05) is 32.8 Å². The highest BCUT2D eigenvalue weighted by molar-refractivity contribution is 7.14. The molecule has 1 atom stereocenters. The number of hydrogen-bond donors (Lipinski definition) is 1. The van der Waals surface area contributed by atoms with Crippen LogP contribution in [0.2, 0.25) is 0 Å². The Kier molecular flexibility index (Phi) is 9.08. The highest BCUT2D eigenvalue weighted by Gasteiger charge is 2.44. The average Bonchev–Trinajstić information content (AvgIpc) is 3.29. The van der Waals surface area contributed by atoms with E-state index in [2.05, 4.69) is 37.6 Å². The summed E-state index contributed by atoms with van der Waals surface area (Å²) in [6.07, 6.45) is 0.927. The van der Waals surface area contributed by atoms with E-state index in [0.29, 0.717) is 41.9 Å². The molecule has 35 heavy (non-hydrogen) atoms. The number of benzene rings is 1. The van der Waals surface area contributed by atoms with Crippen molar-refractivity contribution in [2.24, 2.45) is 5.92 Å².